The van der Waals surface area contributed by atoms with Crippen molar-refractivity contribution in [3.8, 4) is 22.5 Å². The molecule has 8 heterocycles. The molecule has 4 aliphatic rings. The first-order valence-electron chi connectivity index (χ1n) is 28.9. The largest absolute Gasteiger partial charge is 0.385 e. The van der Waals surface area contributed by atoms with Gasteiger partial charge in [0.1, 0.15) is 11.6 Å². The molecule has 0 radical (unpaired) electrons. The number of benzene rings is 4. The smallest absolute Gasteiger partial charge is 0.153 e. The summed E-state index contributed by atoms with van der Waals surface area (Å²) in [5, 5.41) is 33.0. The average molecular weight is 1110 g/mol. The van der Waals surface area contributed by atoms with Gasteiger partial charge in [0.2, 0.25) is 0 Å². The highest BCUT2D eigenvalue weighted by molar-refractivity contribution is 6.08. The molecule has 2 saturated carbocycles. The van der Waals surface area contributed by atoms with Crippen molar-refractivity contribution in [1.82, 2.24) is 38.7 Å². The lowest BCUT2D eigenvalue weighted by atomic mass is 9.86. The van der Waals surface area contributed by atoms with Crippen molar-refractivity contribution in [1.29, 1.82) is 0 Å². The molecule has 2 aliphatic carbocycles. The minimum absolute atomic E-state index is 0.00791. The molecular formula is C66H68F4N8O4. The van der Waals surface area contributed by atoms with Gasteiger partial charge < -0.3 is 28.8 Å². The third-order valence-corrected chi connectivity index (χ3v) is 18.5. The number of aryl methyl sites for hydroxylation is 4. The molecule has 2 N–H and O–H groups in total. The van der Waals surface area contributed by atoms with Crippen LogP contribution in [-0.2, 0) is 34.8 Å². The first-order valence-corrected chi connectivity index (χ1v) is 28.9. The Hall–Kier alpha value is -7.24. The van der Waals surface area contributed by atoms with E-state index in [2.05, 4.69) is 10.2 Å². The minimum Gasteiger partial charge on any atom is -0.385 e. The maximum atomic E-state index is 17.0. The van der Waals surface area contributed by atoms with Crippen LogP contribution in [0.2, 0.25) is 0 Å². The summed E-state index contributed by atoms with van der Waals surface area (Å²) >= 11 is 0. The number of fused-ring (bicyclic) bond motifs is 6. The molecule has 2 unspecified atom stereocenters. The number of rotatable bonds is 12. The van der Waals surface area contributed by atoms with Crippen LogP contribution in [0.3, 0.4) is 0 Å². The SMILES string of the molecule is Cc1cnn(C)c1-c1cnc2c3ccc(C(C)(O)C4CC4)c(F)c3n([C@H](c3ccccc3F)C3CCOCC3)c2c1.Cc1cnn(C)c1-c1cnc2c3ccc(C(C)(O)C4CC4)c(F)c3n([C@H](c3ccccc3F)C3CCOCC3)c2c1. The molecule has 14 rings (SSSR count). The van der Waals surface area contributed by atoms with Crippen LogP contribution >= 0.6 is 0 Å². The van der Waals surface area contributed by atoms with Crippen molar-refractivity contribution in [2.45, 2.75) is 102 Å². The van der Waals surface area contributed by atoms with Crippen molar-refractivity contribution < 1.29 is 37.2 Å². The molecule has 6 aromatic heterocycles. The molecule has 4 aromatic carbocycles. The van der Waals surface area contributed by atoms with Crippen LogP contribution in [-0.4, -0.2) is 75.3 Å². The van der Waals surface area contributed by atoms with Crippen LogP contribution in [0, 0.1) is 60.8 Å². The van der Waals surface area contributed by atoms with E-state index in [0.717, 1.165) is 96.0 Å². The predicted octanol–water partition coefficient (Wildman–Crippen LogP) is 13.6. The maximum Gasteiger partial charge on any atom is 0.153 e. The molecule has 424 valence electrons. The molecule has 0 spiro atoms. The number of aromatic nitrogens is 8. The van der Waals surface area contributed by atoms with E-state index < -0.39 is 34.9 Å². The Labute approximate surface area is 473 Å². The monoisotopic (exact) mass is 1110 g/mol. The highest BCUT2D eigenvalue weighted by atomic mass is 19.1. The summed E-state index contributed by atoms with van der Waals surface area (Å²) in [5.74, 6) is -1.54. The van der Waals surface area contributed by atoms with Gasteiger partial charge in [0.15, 0.2) is 11.6 Å². The van der Waals surface area contributed by atoms with Gasteiger partial charge in [-0.05, 0) is 138 Å². The summed E-state index contributed by atoms with van der Waals surface area (Å²) in [5.41, 5.74) is 7.97. The van der Waals surface area contributed by atoms with E-state index in [4.69, 9.17) is 19.4 Å². The van der Waals surface area contributed by atoms with Crippen LogP contribution in [0.4, 0.5) is 17.6 Å². The van der Waals surface area contributed by atoms with Crippen molar-refractivity contribution >= 4 is 43.9 Å². The molecule has 4 fully saturated rings. The van der Waals surface area contributed by atoms with Gasteiger partial charge in [-0.15, -0.1) is 0 Å². The normalized spacial score (nSPS) is 18.7. The van der Waals surface area contributed by atoms with Gasteiger partial charge in [-0.2, -0.15) is 10.2 Å². The van der Waals surface area contributed by atoms with Crippen molar-refractivity contribution in [3.05, 3.63) is 166 Å². The fourth-order valence-electron chi connectivity index (χ4n) is 13.9. The number of nitrogens with zero attached hydrogens (tertiary/aromatic N) is 8. The first-order chi connectivity index (χ1) is 39.5. The summed E-state index contributed by atoms with van der Waals surface area (Å²) in [6.45, 7) is 9.66. The number of pyridine rings is 2. The predicted molar refractivity (Wildman–Crippen MR) is 309 cm³/mol. The van der Waals surface area contributed by atoms with E-state index in [1.165, 1.54) is 12.1 Å². The van der Waals surface area contributed by atoms with E-state index in [9.17, 15) is 10.2 Å². The Bertz CT molecular complexity index is 3780. The quantitative estimate of drug-likeness (QED) is 0.116. The van der Waals surface area contributed by atoms with Crippen LogP contribution in [0.25, 0.3) is 66.4 Å². The van der Waals surface area contributed by atoms with E-state index >= 15 is 17.6 Å². The van der Waals surface area contributed by atoms with Crippen LogP contribution in [0.15, 0.2) is 110 Å². The summed E-state index contributed by atoms with van der Waals surface area (Å²) < 4.78 is 84.2. The third-order valence-electron chi connectivity index (χ3n) is 18.5. The molecule has 10 aromatic rings. The lowest BCUT2D eigenvalue weighted by molar-refractivity contribution is 0.0292. The second-order valence-electron chi connectivity index (χ2n) is 23.8. The zero-order chi connectivity index (χ0) is 56.9. The average Bonchev–Trinajstić information content (AvgIpc) is 3.96. The Morgan fingerprint density at radius 1 is 0.524 bits per heavy atom. The number of hydrogen-bond donors (Lipinski definition) is 2. The summed E-state index contributed by atoms with van der Waals surface area (Å²) in [6, 6.07) is 23.8. The molecule has 0 amide bonds. The van der Waals surface area contributed by atoms with Crippen LogP contribution in [0.1, 0.15) is 111 Å². The minimum atomic E-state index is -1.30. The lowest BCUT2D eigenvalue weighted by Crippen LogP contribution is -2.28. The molecule has 82 heavy (non-hydrogen) atoms. The number of halogens is 4. The van der Waals surface area contributed by atoms with E-state index in [1.54, 1.807) is 62.6 Å². The summed E-state index contributed by atoms with van der Waals surface area (Å²) in [6.07, 6.45) is 13.5. The second-order valence-corrected chi connectivity index (χ2v) is 23.8. The first kappa shape index (κ1) is 54.0. The molecule has 2 saturated heterocycles. The lowest BCUT2D eigenvalue weighted by Gasteiger charge is -2.33. The van der Waals surface area contributed by atoms with Crippen molar-refractivity contribution in [2.24, 2.45) is 37.8 Å². The number of hydrogen-bond acceptors (Lipinski definition) is 8. The van der Waals surface area contributed by atoms with Gasteiger partial charge in [0.05, 0.1) is 80.2 Å². The molecule has 2 aliphatic heterocycles. The Morgan fingerprint density at radius 2 is 0.902 bits per heavy atom. The van der Waals surface area contributed by atoms with Crippen LogP contribution in [0.5, 0.6) is 0 Å². The highest BCUT2D eigenvalue weighted by Gasteiger charge is 2.46. The third kappa shape index (κ3) is 9.11. The van der Waals surface area contributed by atoms with Crippen LogP contribution < -0.4 is 0 Å². The van der Waals surface area contributed by atoms with Gasteiger partial charge in [-0.3, -0.25) is 19.3 Å². The molecule has 12 nitrogen and oxygen atoms in total. The highest BCUT2D eigenvalue weighted by Crippen LogP contribution is 2.51. The van der Waals surface area contributed by atoms with Gasteiger partial charge in [0.25, 0.3) is 0 Å². The Kier molecular flexibility index (Phi) is 13.8. The van der Waals surface area contributed by atoms with E-state index in [0.29, 0.717) is 70.4 Å². The molecular weight excluding hydrogens is 1040 g/mol. The fraction of sp³-hybridized carbons (Fsp3) is 0.394. The van der Waals surface area contributed by atoms with Gasteiger partial charge in [0, 0.05) is 97.1 Å². The zero-order valence-electron chi connectivity index (χ0n) is 47.1. The maximum absolute atomic E-state index is 17.0. The summed E-state index contributed by atoms with van der Waals surface area (Å²) in [7, 11) is 3.77. The Morgan fingerprint density at radius 3 is 1.24 bits per heavy atom. The zero-order valence-corrected chi connectivity index (χ0v) is 47.1. The van der Waals surface area contributed by atoms with Gasteiger partial charge >= 0.3 is 0 Å². The van der Waals surface area contributed by atoms with Gasteiger partial charge in [-0.25, -0.2) is 17.6 Å². The Balaban J connectivity index is 0.000000154. The van der Waals surface area contributed by atoms with E-state index in [1.807, 2.05) is 95.2 Å². The van der Waals surface area contributed by atoms with E-state index in [-0.39, 0.29) is 46.4 Å². The topological polar surface area (TPSA) is 130 Å². The number of aliphatic hydroxyl groups is 2. The van der Waals surface area contributed by atoms with Crippen molar-refractivity contribution in [3.63, 3.8) is 0 Å². The second kappa shape index (κ2) is 20.9. The molecule has 0 bridgehead atoms. The molecule has 4 atom stereocenters. The number of ether oxygens (including phenoxy) is 2. The fourth-order valence-corrected chi connectivity index (χ4v) is 13.9. The molecule has 16 heteroatoms. The van der Waals surface area contributed by atoms with Crippen molar-refractivity contribution in [2.75, 3.05) is 26.4 Å². The summed E-state index contributed by atoms with van der Waals surface area (Å²) in [4.78, 5) is 9.77. The standard InChI is InChI=1S/2C33H34F2N4O2/c2*1-19-17-37-38(3)30(19)21-16-27-29(36-18-21)24-10-11-25(33(2,40)22-8-9-22)28(35)32(24)39(27)31(20-12-14-41-15-13-20)23-6-4-5-7-26(23)34/h2*4-7,10-11,16-18,20,22,31,40H,8-9,12-15H2,1-3H3/t2*31-,33?/m00/s1. The van der Waals surface area contributed by atoms with Gasteiger partial charge in [-0.1, -0.05) is 60.7 Å².